The predicted molar refractivity (Wildman–Crippen MR) is 103 cm³/mol. The zero-order valence-electron chi connectivity index (χ0n) is 15.6. The number of hydrogen-bond donors (Lipinski definition) is 0. The first-order valence-corrected chi connectivity index (χ1v) is 9.55. The number of aryl methyl sites for hydroxylation is 1. The molecular formula is C21H25N3O3. The van der Waals surface area contributed by atoms with Gasteiger partial charge in [-0.1, -0.05) is 30.3 Å². The van der Waals surface area contributed by atoms with E-state index in [0.29, 0.717) is 38.4 Å². The Bertz CT molecular complexity index is 864. The number of piperazine rings is 1. The summed E-state index contributed by atoms with van der Waals surface area (Å²) in [6.07, 6.45) is 1.70. The summed E-state index contributed by atoms with van der Waals surface area (Å²) in [6, 6.07) is 14.0. The maximum absolute atomic E-state index is 12.9. The molecule has 6 nitrogen and oxygen atoms in total. The number of nitrogens with zero attached hydrogens (tertiary/aromatic N) is 3. The maximum Gasteiger partial charge on any atom is 0.254 e. The Morgan fingerprint density at radius 1 is 1.15 bits per heavy atom. The molecule has 4 rings (SSSR count). The molecule has 6 heteroatoms. The van der Waals surface area contributed by atoms with Gasteiger partial charge in [-0.3, -0.25) is 14.5 Å². The average molecular weight is 367 g/mol. The lowest BCUT2D eigenvalue weighted by molar-refractivity contribution is -0.0770. The fourth-order valence-electron chi connectivity index (χ4n) is 4.07. The minimum Gasteiger partial charge on any atom is -0.378 e. The Labute approximate surface area is 159 Å². The van der Waals surface area contributed by atoms with Gasteiger partial charge in [0.05, 0.1) is 25.3 Å². The second kappa shape index (κ2) is 7.66. The Hall–Kier alpha value is -2.44. The number of fused-ring (bicyclic) bond motifs is 1. The zero-order chi connectivity index (χ0) is 18.8. The molecule has 1 amide bonds. The van der Waals surface area contributed by atoms with E-state index >= 15 is 0 Å². The van der Waals surface area contributed by atoms with Gasteiger partial charge in [0.2, 0.25) is 0 Å². The summed E-state index contributed by atoms with van der Waals surface area (Å²) >= 11 is 0. The molecule has 2 aromatic rings. The number of carbonyl (C=O) groups excluding carboxylic acids is 1. The van der Waals surface area contributed by atoms with E-state index in [9.17, 15) is 9.59 Å². The van der Waals surface area contributed by atoms with Gasteiger partial charge in [-0.25, -0.2) is 0 Å². The first kappa shape index (κ1) is 17.9. The summed E-state index contributed by atoms with van der Waals surface area (Å²) in [5, 5.41) is 0. The summed E-state index contributed by atoms with van der Waals surface area (Å²) < 4.78 is 7.45. The lowest BCUT2D eigenvalue weighted by atomic mass is 10.00. The normalized spacial score (nSPS) is 23.1. The van der Waals surface area contributed by atoms with E-state index in [2.05, 4.69) is 29.2 Å². The maximum atomic E-state index is 12.9. The molecule has 2 saturated heterocycles. The van der Waals surface area contributed by atoms with E-state index in [1.54, 1.807) is 16.8 Å². The fraction of sp³-hybridized carbons (Fsp3) is 0.429. The first-order valence-electron chi connectivity index (χ1n) is 9.55. The van der Waals surface area contributed by atoms with Crippen LogP contribution >= 0.6 is 0 Å². The van der Waals surface area contributed by atoms with Crippen molar-refractivity contribution in [2.75, 3.05) is 32.8 Å². The third-order valence-electron chi connectivity index (χ3n) is 5.57. The van der Waals surface area contributed by atoms with Crippen molar-refractivity contribution in [3.05, 3.63) is 70.1 Å². The van der Waals surface area contributed by atoms with E-state index < -0.39 is 0 Å². The molecule has 2 fully saturated rings. The molecule has 27 heavy (non-hydrogen) atoms. The van der Waals surface area contributed by atoms with E-state index in [-0.39, 0.29) is 23.6 Å². The molecular weight excluding hydrogens is 342 g/mol. The van der Waals surface area contributed by atoms with Crippen LogP contribution in [0.1, 0.15) is 28.9 Å². The average Bonchev–Trinajstić information content (AvgIpc) is 2.73. The molecule has 3 heterocycles. The van der Waals surface area contributed by atoms with Crippen LogP contribution in [-0.4, -0.2) is 59.2 Å². The SMILES string of the molecule is CCn1ccc(C(=O)N2CCN3[C@@H](COC[C@@H]3c3ccccc3)C2)cc1=O. The number of carbonyl (C=O) groups is 1. The van der Waals surface area contributed by atoms with Crippen LogP contribution in [0.3, 0.4) is 0 Å². The van der Waals surface area contributed by atoms with Crippen molar-refractivity contribution < 1.29 is 9.53 Å². The Kier molecular flexibility index (Phi) is 5.09. The van der Waals surface area contributed by atoms with Gasteiger partial charge >= 0.3 is 0 Å². The van der Waals surface area contributed by atoms with Gasteiger partial charge < -0.3 is 14.2 Å². The number of aromatic nitrogens is 1. The summed E-state index contributed by atoms with van der Waals surface area (Å²) in [5.74, 6) is -0.0724. The topological polar surface area (TPSA) is 54.8 Å². The summed E-state index contributed by atoms with van der Waals surface area (Å²) in [6.45, 7) is 5.93. The molecule has 1 aromatic carbocycles. The standard InChI is InChI=1S/C21H25N3O3/c1-2-22-9-8-17(12-20(22)25)21(26)23-10-11-24-18(13-23)14-27-15-19(24)16-6-4-3-5-7-16/h3-9,12,18-19H,2,10-11,13-15H2,1H3/t18-,19-/m1/s1. The smallest absolute Gasteiger partial charge is 0.254 e. The fourth-order valence-corrected chi connectivity index (χ4v) is 4.07. The summed E-state index contributed by atoms with van der Waals surface area (Å²) in [5.41, 5.74) is 1.59. The van der Waals surface area contributed by atoms with Gasteiger partial charge in [0, 0.05) is 44.0 Å². The van der Waals surface area contributed by atoms with Crippen molar-refractivity contribution in [1.82, 2.24) is 14.4 Å². The van der Waals surface area contributed by atoms with Gasteiger partial charge in [-0.15, -0.1) is 0 Å². The Morgan fingerprint density at radius 3 is 2.70 bits per heavy atom. The lowest BCUT2D eigenvalue weighted by Crippen LogP contribution is -2.60. The van der Waals surface area contributed by atoms with Gasteiger partial charge in [-0.2, -0.15) is 0 Å². The molecule has 0 saturated carbocycles. The number of rotatable bonds is 3. The molecule has 0 unspecified atom stereocenters. The number of pyridine rings is 1. The van der Waals surface area contributed by atoms with Crippen molar-refractivity contribution in [2.24, 2.45) is 0 Å². The molecule has 1 aromatic heterocycles. The molecule has 2 aliphatic heterocycles. The molecule has 0 radical (unpaired) electrons. The largest absolute Gasteiger partial charge is 0.378 e. The zero-order valence-corrected chi connectivity index (χ0v) is 15.6. The third-order valence-corrected chi connectivity index (χ3v) is 5.57. The molecule has 142 valence electrons. The second-order valence-electron chi connectivity index (χ2n) is 7.15. The minimum atomic E-state index is -0.132. The lowest BCUT2D eigenvalue weighted by Gasteiger charge is -2.48. The van der Waals surface area contributed by atoms with Crippen LogP contribution in [0.5, 0.6) is 0 Å². The van der Waals surface area contributed by atoms with Gasteiger partial charge in [0.25, 0.3) is 11.5 Å². The highest BCUT2D eigenvalue weighted by Crippen LogP contribution is 2.29. The predicted octanol–water partition coefficient (Wildman–Crippen LogP) is 1.77. The number of ether oxygens (including phenoxy) is 1. The second-order valence-corrected chi connectivity index (χ2v) is 7.15. The summed E-state index contributed by atoms with van der Waals surface area (Å²) in [4.78, 5) is 29.3. The van der Waals surface area contributed by atoms with E-state index in [4.69, 9.17) is 4.74 Å². The number of morpholine rings is 1. The number of amides is 1. The molecule has 0 N–H and O–H groups in total. The van der Waals surface area contributed by atoms with E-state index in [1.165, 1.54) is 11.6 Å². The van der Waals surface area contributed by atoms with Crippen LogP contribution in [0.4, 0.5) is 0 Å². The van der Waals surface area contributed by atoms with Crippen LogP contribution in [-0.2, 0) is 11.3 Å². The van der Waals surface area contributed by atoms with Crippen LogP contribution in [0, 0.1) is 0 Å². The van der Waals surface area contributed by atoms with E-state index in [1.807, 2.05) is 17.9 Å². The van der Waals surface area contributed by atoms with E-state index in [0.717, 1.165) is 6.54 Å². The van der Waals surface area contributed by atoms with Crippen molar-refractivity contribution in [3.8, 4) is 0 Å². The van der Waals surface area contributed by atoms with Crippen molar-refractivity contribution in [2.45, 2.75) is 25.6 Å². The minimum absolute atomic E-state index is 0.0724. The molecule has 0 aliphatic carbocycles. The highest BCUT2D eigenvalue weighted by atomic mass is 16.5. The molecule has 2 atom stereocenters. The molecule has 2 aliphatic rings. The number of benzene rings is 1. The highest BCUT2D eigenvalue weighted by Gasteiger charge is 2.37. The Morgan fingerprint density at radius 2 is 1.96 bits per heavy atom. The molecule has 0 spiro atoms. The third kappa shape index (κ3) is 3.55. The first-order chi connectivity index (χ1) is 13.2. The van der Waals surface area contributed by atoms with Gasteiger partial charge in [0.15, 0.2) is 0 Å². The molecule has 0 bridgehead atoms. The monoisotopic (exact) mass is 367 g/mol. The van der Waals surface area contributed by atoms with Crippen LogP contribution in [0.15, 0.2) is 53.5 Å². The highest BCUT2D eigenvalue weighted by molar-refractivity contribution is 5.94. The van der Waals surface area contributed by atoms with Crippen molar-refractivity contribution in [1.29, 1.82) is 0 Å². The van der Waals surface area contributed by atoms with Crippen LogP contribution in [0.25, 0.3) is 0 Å². The summed E-state index contributed by atoms with van der Waals surface area (Å²) in [7, 11) is 0. The Balaban J connectivity index is 1.49. The van der Waals surface area contributed by atoms with Crippen LogP contribution < -0.4 is 5.56 Å². The van der Waals surface area contributed by atoms with Gasteiger partial charge in [0.1, 0.15) is 0 Å². The van der Waals surface area contributed by atoms with Gasteiger partial charge in [-0.05, 0) is 18.6 Å². The quantitative estimate of drug-likeness (QED) is 0.830. The number of hydrogen-bond acceptors (Lipinski definition) is 4. The van der Waals surface area contributed by atoms with Crippen molar-refractivity contribution >= 4 is 5.91 Å². The van der Waals surface area contributed by atoms with Crippen LogP contribution in [0.2, 0.25) is 0 Å². The van der Waals surface area contributed by atoms with Crippen molar-refractivity contribution in [3.63, 3.8) is 0 Å².